The van der Waals surface area contributed by atoms with Gasteiger partial charge in [-0.15, -0.1) is 0 Å². The fraction of sp³-hybridized carbons (Fsp3) is 0.450. The maximum atomic E-state index is 6.46. The summed E-state index contributed by atoms with van der Waals surface area (Å²) >= 11 is 0. The van der Waals surface area contributed by atoms with Crippen LogP contribution in [0.3, 0.4) is 0 Å². The molecule has 27 heavy (non-hydrogen) atoms. The van der Waals surface area contributed by atoms with Gasteiger partial charge < -0.3 is 15.0 Å². The van der Waals surface area contributed by atoms with Crippen molar-refractivity contribution >= 4 is 0 Å². The molecule has 1 saturated carbocycles. The Morgan fingerprint density at radius 2 is 1.96 bits per heavy atom. The van der Waals surface area contributed by atoms with Crippen molar-refractivity contribution in [2.24, 2.45) is 11.7 Å². The molecule has 0 amide bonds. The molecule has 3 aromatic rings. The van der Waals surface area contributed by atoms with Gasteiger partial charge in [-0.25, -0.2) is 4.68 Å². The highest BCUT2D eigenvalue weighted by atomic mass is 16.5. The number of benzene rings is 1. The summed E-state index contributed by atoms with van der Waals surface area (Å²) in [5.41, 5.74) is 7.44. The maximum absolute atomic E-state index is 6.46. The molecule has 1 fully saturated rings. The van der Waals surface area contributed by atoms with Crippen molar-refractivity contribution in [1.29, 1.82) is 0 Å². The highest BCUT2D eigenvalue weighted by molar-refractivity contribution is 5.57. The fourth-order valence-electron chi connectivity index (χ4n) is 3.33. The first kappa shape index (κ1) is 17.7. The largest absolute Gasteiger partial charge is 0.489 e. The third-order valence-corrected chi connectivity index (χ3v) is 4.84. The molecule has 1 aromatic carbocycles. The third-order valence-electron chi connectivity index (χ3n) is 4.84. The van der Waals surface area contributed by atoms with Crippen molar-refractivity contribution in [3.05, 3.63) is 42.4 Å². The van der Waals surface area contributed by atoms with Crippen LogP contribution in [0, 0.1) is 5.92 Å². The SMILES string of the molecule is CC(C)COc1cn(-c2ccccc2)nc1-c1nc(C2(N)CCCC2)no1. The first-order chi connectivity index (χ1) is 13.0. The Balaban J connectivity index is 1.70. The van der Waals surface area contributed by atoms with Gasteiger partial charge >= 0.3 is 0 Å². The minimum atomic E-state index is -0.497. The van der Waals surface area contributed by atoms with Crippen molar-refractivity contribution in [3.8, 4) is 23.0 Å². The minimum absolute atomic E-state index is 0.343. The Morgan fingerprint density at radius 1 is 1.22 bits per heavy atom. The zero-order valence-electron chi connectivity index (χ0n) is 15.8. The van der Waals surface area contributed by atoms with E-state index in [1.165, 1.54) is 0 Å². The summed E-state index contributed by atoms with van der Waals surface area (Å²) in [5, 5.41) is 8.79. The molecule has 2 aromatic heterocycles. The van der Waals surface area contributed by atoms with Crippen LogP contribution in [0.25, 0.3) is 17.3 Å². The Hall–Kier alpha value is -2.67. The van der Waals surface area contributed by atoms with Crippen molar-refractivity contribution < 1.29 is 9.26 Å². The molecular weight excluding hydrogens is 342 g/mol. The average molecular weight is 367 g/mol. The molecule has 2 heterocycles. The van der Waals surface area contributed by atoms with Gasteiger partial charge in [0.1, 0.15) is 0 Å². The number of rotatable bonds is 6. The standard InChI is InChI=1S/C20H25N5O2/c1-14(2)13-26-16-12-25(15-8-4-3-5-9-15)23-17(16)18-22-19(24-27-18)20(21)10-6-7-11-20/h3-5,8-9,12,14H,6-7,10-11,13,21H2,1-2H3. The highest BCUT2D eigenvalue weighted by Gasteiger charge is 2.36. The lowest BCUT2D eigenvalue weighted by Crippen LogP contribution is -2.34. The predicted octanol–water partition coefficient (Wildman–Crippen LogP) is 3.69. The normalized spacial score (nSPS) is 16.1. The summed E-state index contributed by atoms with van der Waals surface area (Å²) in [6.45, 7) is 4.78. The summed E-state index contributed by atoms with van der Waals surface area (Å²) in [6, 6.07) is 9.87. The van der Waals surface area contributed by atoms with Crippen LogP contribution in [-0.4, -0.2) is 26.5 Å². The maximum Gasteiger partial charge on any atom is 0.282 e. The van der Waals surface area contributed by atoms with Gasteiger partial charge in [-0.05, 0) is 30.9 Å². The van der Waals surface area contributed by atoms with E-state index < -0.39 is 5.54 Å². The number of para-hydroxylation sites is 1. The average Bonchev–Trinajstić information content (AvgIpc) is 3.40. The quantitative estimate of drug-likeness (QED) is 0.714. The van der Waals surface area contributed by atoms with E-state index in [2.05, 4.69) is 29.1 Å². The van der Waals surface area contributed by atoms with Gasteiger partial charge in [-0.2, -0.15) is 10.1 Å². The summed E-state index contributed by atoms with van der Waals surface area (Å²) in [7, 11) is 0. The molecule has 142 valence electrons. The predicted molar refractivity (Wildman–Crippen MR) is 102 cm³/mol. The molecule has 1 aliphatic rings. The van der Waals surface area contributed by atoms with Crippen LogP contribution in [0.4, 0.5) is 0 Å². The Kier molecular flexibility index (Phi) is 4.70. The van der Waals surface area contributed by atoms with E-state index in [-0.39, 0.29) is 0 Å². The Morgan fingerprint density at radius 3 is 2.67 bits per heavy atom. The molecule has 0 aliphatic heterocycles. The summed E-state index contributed by atoms with van der Waals surface area (Å²) < 4.78 is 13.3. The zero-order chi connectivity index (χ0) is 18.9. The molecule has 2 N–H and O–H groups in total. The molecule has 1 aliphatic carbocycles. The number of hydrogen-bond acceptors (Lipinski definition) is 6. The highest BCUT2D eigenvalue weighted by Crippen LogP contribution is 2.36. The molecular formula is C20H25N5O2. The monoisotopic (exact) mass is 367 g/mol. The summed E-state index contributed by atoms with van der Waals surface area (Å²) in [6.07, 6.45) is 5.78. The van der Waals surface area contributed by atoms with Crippen LogP contribution >= 0.6 is 0 Å². The van der Waals surface area contributed by atoms with Gasteiger partial charge in [0.2, 0.25) is 0 Å². The van der Waals surface area contributed by atoms with Crippen molar-refractivity contribution in [2.75, 3.05) is 6.61 Å². The molecule has 7 heteroatoms. The smallest absolute Gasteiger partial charge is 0.282 e. The van der Waals surface area contributed by atoms with Crippen molar-refractivity contribution in [3.63, 3.8) is 0 Å². The lowest BCUT2D eigenvalue weighted by molar-refractivity contribution is 0.271. The van der Waals surface area contributed by atoms with Crippen LogP contribution in [-0.2, 0) is 5.54 Å². The molecule has 0 bridgehead atoms. The van der Waals surface area contributed by atoms with E-state index in [9.17, 15) is 0 Å². The minimum Gasteiger partial charge on any atom is -0.489 e. The van der Waals surface area contributed by atoms with E-state index in [1.54, 1.807) is 4.68 Å². The molecule has 0 saturated heterocycles. The van der Waals surface area contributed by atoms with Crippen LogP contribution in [0.15, 0.2) is 41.1 Å². The van der Waals surface area contributed by atoms with E-state index in [1.807, 2.05) is 36.5 Å². The van der Waals surface area contributed by atoms with Gasteiger partial charge in [0.15, 0.2) is 17.3 Å². The number of aromatic nitrogens is 4. The second-order valence-electron chi connectivity index (χ2n) is 7.61. The van der Waals surface area contributed by atoms with Gasteiger partial charge in [-0.1, -0.05) is 50.0 Å². The third kappa shape index (κ3) is 3.60. The summed E-state index contributed by atoms with van der Waals surface area (Å²) in [4.78, 5) is 4.57. The number of nitrogens with two attached hydrogens (primary N) is 1. The number of hydrogen-bond donors (Lipinski definition) is 1. The number of nitrogens with zero attached hydrogens (tertiary/aromatic N) is 4. The molecule has 4 rings (SSSR count). The molecule has 0 spiro atoms. The van der Waals surface area contributed by atoms with Gasteiger partial charge in [-0.3, -0.25) is 0 Å². The fourth-order valence-corrected chi connectivity index (χ4v) is 3.33. The molecule has 0 unspecified atom stereocenters. The van der Waals surface area contributed by atoms with E-state index >= 15 is 0 Å². The lowest BCUT2D eigenvalue weighted by atomic mass is 9.99. The van der Waals surface area contributed by atoms with Crippen molar-refractivity contribution in [2.45, 2.75) is 45.1 Å². The topological polar surface area (TPSA) is 92.0 Å². The zero-order valence-corrected chi connectivity index (χ0v) is 15.8. The molecule has 0 radical (unpaired) electrons. The first-order valence-corrected chi connectivity index (χ1v) is 9.46. The second kappa shape index (κ2) is 7.15. The van der Waals surface area contributed by atoms with E-state index in [0.29, 0.717) is 35.7 Å². The lowest BCUT2D eigenvalue weighted by Gasteiger charge is -2.17. The molecule has 7 nitrogen and oxygen atoms in total. The second-order valence-corrected chi connectivity index (χ2v) is 7.61. The molecule has 0 atom stereocenters. The van der Waals surface area contributed by atoms with Gasteiger partial charge in [0.25, 0.3) is 5.89 Å². The number of ether oxygens (including phenoxy) is 1. The van der Waals surface area contributed by atoms with Crippen LogP contribution in [0.2, 0.25) is 0 Å². The first-order valence-electron chi connectivity index (χ1n) is 9.46. The Bertz CT molecular complexity index is 894. The van der Waals surface area contributed by atoms with Crippen molar-refractivity contribution in [1.82, 2.24) is 19.9 Å². The van der Waals surface area contributed by atoms with Gasteiger partial charge in [0.05, 0.1) is 24.0 Å². The van der Waals surface area contributed by atoms with Crippen LogP contribution in [0.5, 0.6) is 5.75 Å². The van der Waals surface area contributed by atoms with Crippen LogP contribution < -0.4 is 10.5 Å². The Labute approximate surface area is 158 Å². The van der Waals surface area contributed by atoms with Crippen LogP contribution in [0.1, 0.15) is 45.4 Å². The van der Waals surface area contributed by atoms with Gasteiger partial charge in [0, 0.05) is 0 Å². The van der Waals surface area contributed by atoms with E-state index in [0.717, 1.165) is 31.4 Å². The van der Waals surface area contributed by atoms with E-state index in [4.69, 9.17) is 15.0 Å². The summed E-state index contributed by atoms with van der Waals surface area (Å²) in [5.74, 6) is 1.91.